The zero-order chi connectivity index (χ0) is 8.81. The summed E-state index contributed by atoms with van der Waals surface area (Å²) in [6.45, 7) is 0.390. The fraction of sp³-hybridized carbons (Fsp3) is 0.250. The Bertz CT molecular complexity index is 250. The Kier molecular flexibility index (Phi) is 3.73. The minimum absolute atomic E-state index is 0.308. The first kappa shape index (κ1) is 9.19. The van der Waals surface area contributed by atoms with E-state index in [-0.39, 0.29) is 5.97 Å². The number of pyridine rings is 1. The van der Waals surface area contributed by atoms with Gasteiger partial charge in [0.2, 0.25) is 0 Å². The van der Waals surface area contributed by atoms with Gasteiger partial charge in [-0.3, -0.25) is 4.98 Å². The Morgan fingerprint density at radius 3 is 2.75 bits per heavy atom. The van der Waals surface area contributed by atoms with E-state index < -0.39 is 0 Å². The quantitative estimate of drug-likeness (QED) is 0.585. The molecule has 0 N–H and O–H groups in total. The van der Waals surface area contributed by atoms with E-state index in [0.29, 0.717) is 17.5 Å². The third-order valence-electron chi connectivity index (χ3n) is 1.23. The fourth-order valence-corrected chi connectivity index (χ4v) is 0.864. The summed E-state index contributed by atoms with van der Waals surface area (Å²) < 4.78 is 4.86. The Hall–Kier alpha value is -0.900. The van der Waals surface area contributed by atoms with E-state index in [4.69, 9.17) is 4.74 Å². The highest BCUT2D eigenvalue weighted by Gasteiger charge is 2.04. The number of hydrogen-bond acceptors (Lipinski definition) is 3. The van der Waals surface area contributed by atoms with Crippen molar-refractivity contribution in [3.8, 4) is 0 Å². The first-order valence-electron chi connectivity index (χ1n) is 3.47. The molecule has 0 bridgehead atoms. The van der Waals surface area contributed by atoms with Gasteiger partial charge in [0.05, 0.1) is 5.56 Å². The van der Waals surface area contributed by atoms with Crippen LogP contribution in [0, 0.1) is 0 Å². The van der Waals surface area contributed by atoms with Gasteiger partial charge in [-0.25, -0.2) is 4.79 Å². The van der Waals surface area contributed by atoms with Crippen LogP contribution in [0.25, 0.3) is 0 Å². The van der Waals surface area contributed by atoms with Crippen molar-refractivity contribution in [3.05, 3.63) is 30.1 Å². The van der Waals surface area contributed by atoms with Crippen LogP contribution in [-0.4, -0.2) is 22.9 Å². The SMILES string of the molecule is O=C(OCCBr)c1ccncc1. The van der Waals surface area contributed by atoms with Crippen LogP contribution in [-0.2, 0) is 4.74 Å². The van der Waals surface area contributed by atoms with Crippen molar-refractivity contribution in [1.29, 1.82) is 0 Å². The van der Waals surface area contributed by atoms with Gasteiger partial charge < -0.3 is 4.74 Å². The predicted molar refractivity (Wildman–Crippen MR) is 48.3 cm³/mol. The Balaban J connectivity index is 2.54. The molecule has 1 aromatic heterocycles. The van der Waals surface area contributed by atoms with Crippen LogP contribution < -0.4 is 0 Å². The molecule has 0 unspecified atom stereocenters. The van der Waals surface area contributed by atoms with Crippen LogP contribution in [0.5, 0.6) is 0 Å². The molecule has 0 saturated heterocycles. The molecule has 0 aromatic carbocycles. The van der Waals surface area contributed by atoms with Crippen LogP contribution >= 0.6 is 15.9 Å². The summed E-state index contributed by atoms with van der Waals surface area (Å²) in [4.78, 5) is 14.9. The maximum absolute atomic E-state index is 11.1. The smallest absolute Gasteiger partial charge is 0.338 e. The van der Waals surface area contributed by atoms with E-state index >= 15 is 0 Å². The molecule has 1 aromatic rings. The van der Waals surface area contributed by atoms with Crippen molar-refractivity contribution >= 4 is 21.9 Å². The minimum atomic E-state index is -0.308. The average Bonchev–Trinajstić information content (AvgIpc) is 2.15. The van der Waals surface area contributed by atoms with Gasteiger partial charge in [0, 0.05) is 17.7 Å². The summed E-state index contributed by atoms with van der Waals surface area (Å²) in [5.41, 5.74) is 0.533. The summed E-state index contributed by atoms with van der Waals surface area (Å²) in [7, 11) is 0. The monoisotopic (exact) mass is 229 g/mol. The molecule has 0 amide bonds. The number of halogens is 1. The number of hydrogen-bond donors (Lipinski definition) is 0. The second kappa shape index (κ2) is 4.87. The Labute approximate surface area is 78.9 Å². The topological polar surface area (TPSA) is 39.2 Å². The molecule has 0 radical (unpaired) electrons. The van der Waals surface area contributed by atoms with Gasteiger partial charge in [0.15, 0.2) is 0 Å². The van der Waals surface area contributed by atoms with E-state index in [2.05, 4.69) is 20.9 Å². The summed E-state index contributed by atoms with van der Waals surface area (Å²) in [5, 5.41) is 0.657. The largest absolute Gasteiger partial charge is 0.461 e. The fourth-order valence-electron chi connectivity index (χ4n) is 0.703. The molecule has 0 spiro atoms. The summed E-state index contributed by atoms with van der Waals surface area (Å²) in [6.07, 6.45) is 3.12. The molecule has 0 aliphatic heterocycles. The summed E-state index contributed by atoms with van der Waals surface area (Å²) in [6, 6.07) is 3.24. The van der Waals surface area contributed by atoms with Gasteiger partial charge in [-0.2, -0.15) is 0 Å². The first-order valence-corrected chi connectivity index (χ1v) is 4.60. The highest BCUT2D eigenvalue weighted by Crippen LogP contribution is 1.99. The average molecular weight is 230 g/mol. The van der Waals surface area contributed by atoms with E-state index in [1.54, 1.807) is 24.5 Å². The third-order valence-corrected chi connectivity index (χ3v) is 1.55. The van der Waals surface area contributed by atoms with Crippen LogP contribution in [0.1, 0.15) is 10.4 Å². The van der Waals surface area contributed by atoms with Crippen LogP contribution in [0.3, 0.4) is 0 Å². The second-order valence-corrected chi connectivity index (χ2v) is 2.85. The van der Waals surface area contributed by atoms with Crippen molar-refractivity contribution in [2.45, 2.75) is 0 Å². The number of rotatable bonds is 3. The number of aromatic nitrogens is 1. The van der Waals surface area contributed by atoms with Crippen molar-refractivity contribution in [2.24, 2.45) is 0 Å². The van der Waals surface area contributed by atoms with Crippen LogP contribution in [0.15, 0.2) is 24.5 Å². The maximum atomic E-state index is 11.1. The van der Waals surface area contributed by atoms with Gasteiger partial charge >= 0.3 is 5.97 Å². The lowest BCUT2D eigenvalue weighted by Crippen LogP contribution is -2.06. The molecule has 4 heteroatoms. The molecule has 0 aliphatic rings. The maximum Gasteiger partial charge on any atom is 0.338 e. The number of carbonyl (C=O) groups is 1. The van der Waals surface area contributed by atoms with Crippen molar-refractivity contribution in [2.75, 3.05) is 11.9 Å². The highest BCUT2D eigenvalue weighted by molar-refractivity contribution is 9.09. The number of carbonyl (C=O) groups excluding carboxylic acids is 1. The molecular formula is C8H8BrNO2. The summed E-state index contributed by atoms with van der Waals surface area (Å²) >= 11 is 3.16. The van der Waals surface area contributed by atoms with Gasteiger partial charge in [-0.05, 0) is 12.1 Å². The molecular weight excluding hydrogens is 222 g/mol. The third kappa shape index (κ3) is 2.62. The number of esters is 1. The Morgan fingerprint density at radius 1 is 1.50 bits per heavy atom. The first-order chi connectivity index (χ1) is 5.84. The molecule has 0 saturated carbocycles. The Morgan fingerprint density at radius 2 is 2.17 bits per heavy atom. The molecule has 12 heavy (non-hydrogen) atoms. The zero-order valence-electron chi connectivity index (χ0n) is 6.37. The summed E-state index contributed by atoms with van der Waals surface area (Å²) in [5.74, 6) is -0.308. The lowest BCUT2D eigenvalue weighted by molar-refractivity contribution is 0.0531. The molecule has 0 fully saturated rings. The van der Waals surface area contributed by atoms with Gasteiger partial charge in [-0.15, -0.1) is 0 Å². The lowest BCUT2D eigenvalue weighted by Gasteiger charge is -2.00. The number of alkyl halides is 1. The predicted octanol–water partition coefficient (Wildman–Crippen LogP) is 1.63. The normalized spacial score (nSPS) is 9.42. The molecule has 0 aliphatic carbocycles. The zero-order valence-corrected chi connectivity index (χ0v) is 7.95. The molecule has 1 heterocycles. The van der Waals surface area contributed by atoms with Crippen LogP contribution in [0.2, 0.25) is 0 Å². The van der Waals surface area contributed by atoms with Gasteiger partial charge in [-0.1, -0.05) is 15.9 Å². The lowest BCUT2D eigenvalue weighted by atomic mass is 10.3. The van der Waals surface area contributed by atoms with Crippen LogP contribution in [0.4, 0.5) is 0 Å². The van der Waals surface area contributed by atoms with Crippen molar-refractivity contribution < 1.29 is 9.53 Å². The second-order valence-electron chi connectivity index (χ2n) is 2.06. The van der Waals surface area contributed by atoms with E-state index in [1.165, 1.54) is 0 Å². The highest BCUT2D eigenvalue weighted by atomic mass is 79.9. The van der Waals surface area contributed by atoms with Gasteiger partial charge in [0.25, 0.3) is 0 Å². The number of ether oxygens (including phenoxy) is 1. The van der Waals surface area contributed by atoms with Gasteiger partial charge in [0.1, 0.15) is 6.61 Å². The van der Waals surface area contributed by atoms with Crippen molar-refractivity contribution in [1.82, 2.24) is 4.98 Å². The van der Waals surface area contributed by atoms with E-state index in [0.717, 1.165) is 0 Å². The number of nitrogens with zero attached hydrogens (tertiary/aromatic N) is 1. The standard InChI is InChI=1S/C8H8BrNO2/c9-3-6-12-8(11)7-1-4-10-5-2-7/h1-2,4-5H,3,6H2. The van der Waals surface area contributed by atoms with E-state index in [9.17, 15) is 4.79 Å². The molecule has 0 atom stereocenters. The molecule has 1 rings (SSSR count). The van der Waals surface area contributed by atoms with Crippen molar-refractivity contribution in [3.63, 3.8) is 0 Å². The molecule has 3 nitrogen and oxygen atoms in total. The van der Waals surface area contributed by atoms with E-state index in [1.807, 2.05) is 0 Å². The molecule has 64 valence electrons. The minimum Gasteiger partial charge on any atom is -0.461 e.